The summed E-state index contributed by atoms with van der Waals surface area (Å²) in [5, 5.41) is 15.0. The first-order chi connectivity index (χ1) is 10.6. The zero-order chi connectivity index (χ0) is 15.9. The van der Waals surface area contributed by atoms with Crippen LogP contribution in [0, 0.1) is 12.8 Å². The molecule has 2 amide bonds. The molecule has 2 aromatic heterocycles. The minimum Gasteiger partial charge on any atom is -0.338 e. The molecule has 22 heavy (non-hydrogen) atoms. The first-order valence-electron chi connectivity index (χ1n) is 7.64. The molecule has 0 bridgehead atoms. The average molecular weight is 320 g/mol. The van der Waals surface area contributed by atoms with Gasteiger partial charge in [-0.3, -0.25) is 5.10 Å². The minimum absolute atomic E-state index is 0.0659. The van der Waals surface area contributed by atoms with Crippen molar-refractivity contribution in [3.8, 4) is 0 Å². The van der Waals surface area contributed by atoms with Gasteiger partial charge in [-0.15, -0.1) is 11.3 Å². The van der Waals surface area contributed by atoms with Gasteiger partial charge in [0.25, 0.3) is 0 Å². The maximum atomic E-state index is 12.0. The summed E-state index contributed by atoms with van der Waals surface area (Å²) in [7, 11) is 0. The predicted molar refractivity (Wildman–Crippen MR) is 90.1 cm³/mol. The van der Waals surface area contributed by atoms with E-state index in [0.29, 0.717) is 12.5 Å². The molecule has 6 heteroatoms. The van der Waals surface area contributed by atoms with E-state index in [1.165, 1.54) is 10.4 Å². The van der Waals surface area contributed by atoms with E-state index in [1.807, 2.05) is 24.6 Å². The zero-order valence-corrected chi connectivity index (χ0v) is 14.2. The van der Waals surface area contributed by atoms with Crippen LogP contribution < -0.4 is 10.6 Å². The third kappa shape index (κ3) is 4.59. The van der Waals surface area contributed by atoms with E-state index in [-0.39, 0.29) is 12.1 Å². The largest absolute Gasteiger partial charge is 0.338 e. The van der Waals surface area contributed by atoms with E-state index in [9.17, 15) is 4.79 Å². The molecule has 0 fully saturated rings. The number of aromatic nitrogens is 2. The van der Waals surface area contributed by atoms with Gasteiger partial charge < -0.3 is 10.6 Å². The van der Waals surface area contributed by atoms with Crippen molar-refractivity contribution < 1.29 is 4.79 Å². The van der Waals surface area contributed by atoms with Crippen molar-refractivity contribution >= 4 is 17.4 Å². The van der Waals surface area contributed by atoms with Crippen LogP contribution in [0.1, 0.15) is 42.4 Å². The molecule has 0 saturated carbocycles. The van der Waals surface area contributed by atoms with E-state index in [2.05, 4.69) is 40.7 Å². The third-order valence-electron chi connectivity index (χ3n) is 3.65. The lowest BCUT2D eigenvalue weighted by atomic mass is 10.0. The molecule has 2 rings (SSSR count). The number of nitrogens with zero attached hydrogens (tertiary/aromatic N) is 1. The Balaban J connectivity index is 1.74. The van der Waals surface area contributed by atoms with Crippen molar-refractivity contribution in [2.45, 2.75) is 39.7 Å². The fourth-order valence-corrected chi connectivity index (χ4v) is 3.28. The van der Waals surface area contributed by atoms with Crippen LogP contribution in [-0.2, 0) is 6.42 Å². The van der Waals surface area contributed by atoms with Crippen molar-refractivity contribution in [1.29, 1.82) is 0 Å². The smallest absolute Gasteiger partial charge is 0.315 e. The molecule has 0 radical (unpaired) electrons. The quantitative estimate of drug-likeness (QED) is 0.684. The molecule has 0 aromatic carbocycles. The van der Waals surface area contributed by atoms with Crippen LogP contribution in [0.3, 0.4) is 0 Å². The number of thiophene rings is 1. The summed E-state index contributed by atoms with van der Waals surface area (Å²) in [6, 6.07) is 4.05. The number of aromatic amines is 1. The molecule has 1 atom stereocenters. The van der Waals surface area contributed by atoms with Crippen LogP contribution >= 0.6 is 11.3 Å². The highest BCUT2D eigenvalue weighted by Gasteiger charge is 2.18. The number of amides is 2. The number of carbonyl (C=O) groups excluding carboxylic acids is 1. The van der Waals surface area contributed by atoms with Crippen LogP contribution in [-0.4, -0.2) is 22.8 Å². The second-order valence-corrected chi connectivity index (χ2v) is 6.74. The SMILES string of the molecule is Cc1[nH]ncc1CCCNC(=O)N[C@H](c1cccs1)C(C)C. The number of H-pyrrole nitrogens is 1. The predicted octanol–water partition coefficient (Wildman–Crippen LogP) is 3.41. The molecule has 0 aliphatic heterocycles. The monoisotopic (exact) mass is 320 g/mol. The van der Waals surface area contributed by atoms with Gasteiger partial charge in [0.15, 0.2) is 0 Å². The lowest BCUT2D eigenvalue weighted by Gasteiger charge is -2.21. The van der Waals surface area contributed by atoms with Gasteiger partial charge in [0.1, 0.15) is 0 Å². The molecule has 5 nitrogen and oxygen atoms in total. The molecule has 0 aliphatic carbocycles. The van der Waals surface area contributed by atoms with E-state index >= 15 is 0 Å². The highest BCUT2D eigenvalue weighted by Crippen LogP contribution is 2.25. The lowest BCUT2D eigenvalue weighted by molar-refractivity contribution is 0.233. The maximum absolute atomic E-state index is 12.0. The van der Waals surface area contributed by atoms with Crippen molar-refractivity contribution in [2.75, 3.05) is 6.54 Å². The second-order valence-electron chi connectivity index (χ2n) is 5.76. The zero-order valence-electron chi connectivity index (χ0n) is 13.3. The molecule has 3 N–H and O–H groups in total. The molecule has 0 saturated heterocycles. The average Bonchev–Trinajstić information content (AvgIpc) is 3.12. The Morgan fingerprint density at radius 2 is 2.27 bits per heavy atom. The number of aryl methyl sites for hydroxylation is 2. The Hall–Kier alpha value is -1.82. The summed E-state index contributed by atoms with van der Waals surface area (Å²) < 4.78 is 0. The fraction of sp³-hybridized carbons (Fsp3) is 0.500. The summed E-state index contributed by atoms with van der Waals surface area (Å²) >= 11 is 1.68. The van der Waals surface area contributed by atoms with Gasteiger partial charge in [-0.2, -0.15) is 5.10 Å². The van der Waals surface area contributed by atoms with Gasteiger partial charge in [0.05, 0.1) is 12.2 Å². The number of urea groups is 1. The highest BCUT2D eigenvalue weighted by molar-refractivity contribution is 7.10. The molecule has 120 valence electrons. The van der Waals surface area contributed by atoms with Crippen LogP contribution in [0.15, 0.2) is 23.7 Å². The van der Waals surface area contributed by atoms with Crippen LogP contribution in [0.25, 0.3) is 0 Å². The van der Waals surface area contributed by atoms with E-state index in [4.69, 9.17) is 0 Å². The standard InChI is InChI=1S/C16H24N4OS/c1-11(2)15(14-7-5-9-22-14)19-16(21)17-8-4-6-13-10-18-20-12(13)3/h5,7,9-11,15H,4,6,8H2,1-3H3,(H,18,20)(H2,17,19,21)/t15-/m0/s1. The number of nitrogens with one attached hydrogen (secondary N) is 3. The van der Waals surface area contributed by atoms with Crippen molar-refractivity contribution in [3.05, 3.63) is 39.8 Å². The Morgan fingerprint density at radius 1 is 1.45 bits per heavy atom. The Morgan fingerprint density at radius 3 is 2.86 bits per heavy atom. The summed E-state index contributed by atoms with van der Waals surface area (Å²) in [4.78, 5) is 13.2. The molecule has 2 heterocycles. The highest BCUT2D eigenvalue weighted by atomic mass is 32.1. The Labute approximate surface area is 135 Å². The Bertz CT molecular complexity index is 577. The van der Waals surface area contributed by atoms with Gasteiger partial charge in [0, 0.05) is 17.1 Å². The van der Waals surface area contributed by atoms with Gasteiger partial charge in [0.2, 0.25) is 0 Å². The molecule has 2 aromatic rings. The van der Waals surface area contributed by atoms with Crippen LogP contribution in [0.5, 0.6) is 0 Å². The number of hydrogen-bond donors (Lipinski definition) is 3. The summed E-state index contributed by atoms with van der Waals surface area (Å²) in [5.74, 6) is 0.359. The van der Waals surface area contributed by atoms with E-state index < -0.39 is 0 Å². The lowest BCUT2D eigenvalue weighted by Crippen LogP contribution is -2.39. The molecule has 0 aliphatic rings. The number of rotatable bonds is 7. The minimum atomic E-state index is -0.101. The summed E-state index contributed by atoms with van der Waals surface area (Å²) in [5.41, 5.74) is 2.31. The second kappa shape index (κ2) is 7.98. The molecular formula is C16H24N4OS. The first kappa shape index (κ1) is 16.5. The molecule has 0 spiro atoms. The van der Waals surface area contributed by atoms with E-state index in [0.717, 1.165) is 18.5 Å². The molecular weight excluding hydrogens is 296 g/mol. The Kier molecular flexibility index (Phi) is 6.00. The van der Waals surface area contributed by atoms with Crippen LogP contribution in [0.2, 0.25) is 0 Å². The first-order valence-corrected chi connectivity index (χ1v) is 8.52. The van der Waals surface area contributed by atoms with Gasteiger partial charge in [-0.25, -0.2) is 4.79 Å². The summed E-state index contributed by atoms with van der Waals surface area (Å²) in [6.45, 7) is 6.90. The third-order valence-corrected chi connectivity index (χ3v) is 4.60. The maximum Gasteiger partial charge on any atom is 0.315 e. The van der Waals surface area contributed by atoms with Crippen LogP contribution in [0.4, 0.5) is 4.79 Å². The van der Waals surface area contributed by atoms with Crippen molar-refractivity contribution in [1.82, 2.24) is 20.8 Å². The topological polar surface area (TPSA) is 69.8 Å². The van der Waals surface area contributed by atoms with Crippen molar-refractivity contribution in [2.24, 2.45) is 5.92 Å². The summed E-state index contributed by atoms with van der Waals surface area (Å²) in [6.07, 6.45) is 3.67. The van der Waals surface area contributed by atoms with Crippen molar-refractivity contribution in [3.63, 3.8) is 0 Å². The van der Waals surface area contributed by atoms with Gasteiger partial charge >= 0.3 is 6.03 Å². The molecule has 0 unspecified atom stereocenters. The normalized spacial score (nSPS) is 12.4. The fourth-order valence-electron chi connectivity index (χ4n) is 2.34. The van der Waals surface area contributed by atoms with E-state index in [1.54, 1.807) is 11.3 Å². The number of hydrogen-bond acceptors (Lipinski definition) is 3. The number of carbonyl (C=O) groups is 1. The van der Waals surface area contributed by atoms with Gasteiger partial charge in [-0.05, 0) is 42.7 Å². The van der Waals surface area contributed by atoms with Gasteiger partial charge in [-0.1, -0.05) is 19.9 Å².